The number of benzene rings is 1. The van der Waals surface area contributed by atoms with Crippen LogP contribution in [0.25, 0.3) is 0 Å². The van der Waals surface area contributed by atoms with E-state index in [1.807, 2.05) is 12.2 Å². The van der Waals surface area contributed by atoms with Crippen LogP contribution in [0.3, 0.4) is 0 Å². The summed E-state index contributed by atoms with van der Waals surface area (Å²) in [6.07, 6.45) is 5.74. The van der Waals surface area contributed by atoms with E-state index in [4.69, 9.17) is 0 Å². The first-order valence-corrected chi connectivity index (χ1v) is 8.23. The lowest BCUT2D eigenvalue weighted by molar-refractivity contribution is 0.0988. The van der Waals surface area contributed by atoms with Crippen molar-refractivity contribution in [3.8, 4) is 0 Å². The number of allylic oxidation sites excluding steroid dienone is 6. The van der Waals surface area contributed by atoms with E-state index in [9.17, 15) is 9.59 Å². The Labute approximate surface area is 137 Å². The highest BCUT2D eigenvalue weighted by Crippen LogP contribution is 2.34. The highest BCUT2D eigenvalue weighted by Gasteiger charge is 2.35. The molecule has 0 atom stereocenters. The van der Waals surface area contributed by atoms with Crippen LogP contribution in [-0.2, 0) is 0 Å². The molecular formula is C20H21NO2. The first-order chi connectivity index (χ1) is 11.1. The molecule has 118 valence electrons. The Morgan fingerprint density at radius 1 is 0.826 bits per heavy atom. The minimum Gasteiger partial charge on any atom is -0.349 e. The number of hydrogen-bond acceptors (Lipinski definition) is 3. The molecule has 1 aromatic carbocycles. The highest BCUT2D eigenvalue weighted by atomic mass is 16.2. The average Bonchev–Trinajstić information content (AvgIpc) is 2.85. The van der Waals surface area contributed by atoms with Crippen LogP contribution in [0.4, 0.5) is 0 Å². The molecule has 0 N–H and O–H groups in total. The maximum absolute atomic E-state index is 12.7. The second-order valence-electron chi connectivity index (χ2n) is 5.76. The van der Waals surface area contributed by atoms with Gasteiger partial charge in [-0.15, -0.1) is 0 Å². The van der Waals surface area contributed by atoms with E-state index < -0.39 is 0 Å². The van der Waals surface area contributed by atoms with Gasteiger partial charge in [-0.3, -0.25) is 9.59 Å². The molecular weight excluding hydrogens is 286 g/mol. The first kappa shape index (κ1) is 15.5. The van der Waals surface area contributed by atoms with E-state index in [0.717, 1.165) is 36.4 Å². The molecule has 3 heteroatoms. The van der Waals surface area contributed by atoms with Crippen molar-refractivity contribution in [2.45, 2.75) is 33.6 Å². The molecule has 0 fully saturated rings. The maximum atomic E-state index is 12.7. The molecule has 0 bridgehead atoms. The smallest absolute Gasteiger partial charge is 0.198 e. The fraction of sp³-hybridized carbons (Fsp3) is 0.300. The summed E-state index contributed by atoms with van der Waals surface area (Å²) in [6, 6.07) is 7.08. The van der Waals surface area contributed by atoms with Crippen molar-refractivity contribution >= 4 is 11.6 Å². The molecule has 0 spiro atoms. The fourth-order valence-corrected chi connectivity index (χ4v) is 3.39. The van der Waals surface area contributed by atoms with Crippen LogP contribution >= 0.6 is 0 Å². The van der Waals surface area contributed by atoms with Gasteiger partial charge in [-0.2, -0.15) is 0 Å². The first-order valence-electron chi connectivity index (χ1n) is 8.23. The van der Waals surface area contributed by atoms with Gasteiger partial charge in [0.25, 0.3) is 0 Å². The largest absolute Gasteiger partial charge is 0.349 e. The summed E-state index contributed by atoms with van der Waals surface area (Å²) in [6.45, 7) is 7.21. The summed E-state index contributed by atoms with van der Waals surface area (Å²) in [5, 5.41) is 0. The van der Waals surface area contributed by atoms with Gasteiger partial charge in [0.05, 0.1) is 5.57 Å². The van der Waals surface area contributed by atoms with Gasteiger partial charge in [0.15, 0.2) is 11.6 Å². The third-order valence-corrected chi connectivity index (χ3v) is 4.54. The lowest BCUT2D eigenvalue weighted by Gasteiger charge is -2.31. The van der Waals surface area contributed by atoms with Crippen molar-refractivity contribution in [1.29, 1.82) is 0 Å². The van der Waals surface area contributed by atoms with Crippen LogP contribution in [0.15, 0.2) is 59.0 Å². The van der Waals surface area contributed by atoms with Crippen LogP contribution in [-0.4, -0.2) is 23.0 Å². The molecule has 0 radical (unpaired) electrons. The second-order valence-corrected chi connectivity index (χ2v) is 5.76. The fourth-order valence-electron chi connectivity index (χ4n) is 3.39. The SMILES string of the molecule is CCC1=CC(=C2C(=O)c3ccccc3C2=O)C=C(CC)N1CC. The molecule has 0 aromatic heterocycles. The van der Waals surface area contributed by atoms with Gasteiger partial charge >= 0.3 is 0 Å². The van der Waals surface area contributed by atoms with E-state index in [1.165, 1.54) is 0 Å². The van der Waals surface area contributed by atoms with Gasteiger partial charge in [0.2, 0.25) is 0 Å². The number of carbonyl (C=O) groups excluding carboxylic acids is 2. The lowest BCUT2D eigenvalue weighted by Crippen LogP contribution is -2.25. The Morgan fingerprint density at radius 2 is 1.30 bits per heavy atom. The number of ketones is 2. The normalized spacial score (nSPS) is 17.4. The number of rotatable bonds is 3. The number of Topliss-reactive ketones (excluding diaryl/α,β-unsaturated/α-hetero) is 2. The summed E-state index contributed by atoms with van der Waals surface area (Å²) in [4.78, 5) is 27.7. The number of nitrogens with zero attached hydrogens (tertiary/aromatic N) is 1. The van der Waals surface area contributed by atoms with Crippen LogP contribution in [0.5, 0.6) is 0 Å². The minimum atomic E-state index is -0.149. The van der Waals surface area contributed by atoms with E-state index in [0.29, 0.717) is 16.7 Å². The molecule has 1 aromatic rings. The van der Waals surface area contributed by atoms with Crippen molar-refractivity contribution in [1.82, 2.24) is 4.90 Å². The van der Waals surface area contributed by atoms with Crippen molar-refractivity contribution in [3.63, 3.8) is 0 Å². The molecule has 23 heavy (non-hydrogen) atoms. The summed E-state index contributed by atoms with van der Waals surface area (Å²) in [5.74, 6) is -0.298. The van der Waals surface area contributed by atoms with Crippen molar-refractivity contribution < 1.29 is 9.59 Å². The van der Waals surface area contributed by atoms with Gasteiger partial charge in [-0.25, -0.2) is 0 Å². The molecule has 0 saturated carbocycles. The molecule has 0 saturated heterocycles. The summed E-state index contributed by atoms with van der Waals surface area (Å²) in [7, 11) is 0. The standard InChI is InChI=1S/C20H21NO2/c1-4-14-11-13(12-15(5-2)21(14)6-3)18-19(22)16-9-7-8-10-17(16)20(18)23/h7-12H,4-6H2,1-3H3. The molecule has 1 heterocycles. The van der Waals surface area contributed by atoms with Gasteiger partial charge in [-0.05, 0) is 37.5 Å². The van der Waals surface area contributed by atoms with Crippen LogP contribution in [0.1, 0.15) is 54.3 Å². The van der Waals surface area contributed by atoms with Gasteiger partial charge < -0.3 is 4.90 Å². The van der Waals surface area contributed by atoms with Gasteiger partial charge in [0.1, 0.15) is 0 Å². The molecule has 0 amide bonds. The van der Waals surface area contributed by atoms with E-state index >= 15 is 0 Å². The number of hydrogen-bond donors (Lipinski definition) is 0. The molecule has 1 aliphatic heterocycles. The zero-order valence-corrected chi connectivity index (χ0v) is 13.8. The maximum Gasteiger partial charge on any atom is 0.198 e. The molecule has 1 aliphatic carbocycles. The predicted octanol–water partition coefficient (Wildman–Crippen LogP) is 4.29. The number of carbonyl (C=O) groups is 2. The number of fused-ring (bicyclic) bond motifs is 1. The Hall–Kier alpha value is -2.42. The van der Waals surface area contributed by atoms with Crippen molar-refractivity contribution in [2.24, 2.45) is 0 Å². The van der Waals surface area contributed by atoms with E-state index in [2.05, 4.69) is 25.7 Å². The molecule has 3 nitrogen and oxygen atoms in total. The Bertz CT molecular complexity index is 720. The van der Waals surface area contributed by atoms with E-state index in [1.54, 1.807) is 24.3 Å². The topological polar surface area (TPSA) is 37.4 Å². The van der Waals surface area contributed by atoms with Crippen molar-refractivity contribution in [3.05, 3.63) is 70.1 Å². The van der Waals surface area contributed by atoms with Crippen molar-refractivity contribution in [2.75, 3.05) is 6.54 Å². The van der Waals surface area contributed by atoms with Gasteiger partial charge in [-0.1, -0.05) is 38.1 Å². The highest BCUT2D eigenvalue weighted by molar-refractivity contribution is 6.40. The monoisotopic (exact) mass is 307 g/mol. The quantitative estimate of drug-likeness (QED) is 0.617. The summed E-state index contributed by atoms with van der Waals surface area (Å²) < 4.78 is 0. The Balaban J connectivity index is 2.17. The molecule has 0 unspecified atom stereocenters. The Morgan fingerprint density at radius 3 is 1.70 bits per heavy atom. The zero-order valence-electron chi connectivity index (χ0n) is 13.8. The average molecular weight is 307 g/mol. The predicted molar refractivity (Wildman–Crippen MR) is 91.3 cm³/mol. The minimum absolute atomic E-state index is 0.149. The second kappa shape index (κ2) is 5.99. The van der Waals surface area contributed by atoms with Crippen LogP contribution < -0.4 is 0 Å². The molecule has 3 rings (SSSR count). The van der Waals surface area contributed by atoms with Gasteiger partial charge in [0, 0.05) is 29.1 Å². The molecule has 2 aliphatic rings. The summed E-state index contributed by atoms with van der Waals surface area (Å²) >= 11 is 0. The third kappa shape index (κ3) is 2.37. The van der Waals surface area contributed by atoms with E-state index in [-0.39, 0.29) is 11.6 Å². The van der Waals surface area contributed by atoms with Crippen LogP contribution in [0, 0.1) is 0 Å². The zero-order chi connectivity index (χ0) is 16.6. The van der Waals surface area contributed by atoms with Crippen LogP contribution in [0.2, 0.25) is 0 Å². The lowest BCUT2D eigenvalue weighted by atomic mass is 9.97. The third-order valence-electron chi connectivity index (χ3n) is 4.54. The summed E-state index contributed by atoms with van der Waals surface area (Å²) in [5.41, 5.74) is 4.44. The Kier molecular flexibility index (Phi) is 4.03.